The van der Waals surface area contributed by atoms with E-state index in [0.717, 1.165) is 43.5 Å². The molecular formula is C16H21BrFNOS. The van der Waals surface area contributed by atoms with Crippen molar-refractivity contribution in [2.75, 3.05) is 23.4 Å². The molecule has 1 aromatic rings. The molecule has 1 unspecified atom stereocenters. The minimum Gasteiger partial charge on any atom is -0.382 e. The van der Waals surface area contributed by atoms with Gasteiger partial charge in [0.05, 0.1) is 10.1 Å². The molecule has 2 aliphatic rings. The SMILES string of the molecule is Cc1cc(Br)c(F)cc1NC1CCOC2(CCSCC2)C1. The quantitative estimate of drug-likeness (QED) is 0.807. The van der Waals surface area contributed by atoms with Crippen molar-refractivity contribution in [1.29, 1.82) is 0 Å². The maximum atomic E-state index is 13.7. The standard InChI is InChI=1S/C16H21BrFNOS/c1-11-8-13(17)14(18)9-15(11)19-12-2-5-20-16(10-12)3-6-21-7-4-16/h8-9,12,19H,2-7,10H2,1H3. The van der Waals surface area contributed by atoms with Crippen molar-refractivity contribution in [3.8, 4) is 0 Å². The van der Waals surface area contributed by atoms with Gasteiger partial charge in [0.2, 0.25) is 0 Å². The van der Waals surface area contributed by atoms with Crippen molar-refractivity contribution in [2.45, 2.75) is 44.2 Å². The van der Waals surface area contributed by atoms with Gasteiger partial charge in [-0.3, -0.25) is 0 Å². The zero-order chi connectivity index (χ0) is 14.9. The van der Waals surface area contributed by atoms with E-state index in [2.05, 4.69) is 21.2 Å². The van der Waals surface area contributed by atoms with Crippen molar-refractivity contribution in [1.82, 2.24) is 0 Å². The lowest BCUT2D eigenvalue weighted by Crippen LogP contribution is -2.46. The number of halogens is 2. The predicted molar refractivity (Wildman–Crippen MR) is 90.7 cm³/mol. The Morgan fingerprint density at radius 1 is 1.38 bits per heavy atom. The van der Waals surface area contributed by atoms with E-state index in [1.165, 1.54) is 11.5 Å². The molecule has 116 valence electrons. The molecule has 2 saturated heterocycles. The molecule has 2 fully saturated rings. The molecule has 0 radical (unpaired) electrons. The molecule has 0 aliphatic carbocycles. The molecule has 0 saturated carbocycles. The van der Waals surface area contributed by atoms with Gasteiger partial charge in [0.15, 0.2) is 0 Å². The minimum absolute atomic E-state index is 0.0585. The summed E-state index contributed by atoms with van der Waals surface area (Å²) in [7, 11) is 0. The van der Waals surface area contributed by atoms with Gasteiger partial charge in [-0.05, 0) is 77.7 Å². The van der Waals surface area contributed by atoms with Gasteiger partial charge < -0.3 is 10.1 Å². The van der Waals surface area contributed by atoms with Crippen LogP contribution in [0.4, 0.5) is 10.1 Å². The van der Waals surface area contributed by atoms with Crippen LogP contribution >= 0.6 is 27.7 Å². The molecule has 1 atom stereocenters. The molecule has 21 heavy (non-hydrogen) atoms. The van der Waals surface area contributed by atoms with Crippen LogP contribution in [0.1, 0.15) is 31.2 Å². The van der Waals surface area contributed by atoms with Crippen molar-refractivity contribution in [3.63, 3.8) is 0 Å². The van der Waals surface area contributed by atoms with Crippen molar-refractivity contribution >= 4 is 33.4 Å². The van der Waals surface area contributed by atoms with Gasteiger partial charge in [-0.25, -0.2) is 4.39 Å². The van der Waals surface area contributed by atoms with E-state index >= 15 is 0 Å². The zero-order valence-electron chi connectivity index (χ0n) is 12.3. The van der Waals surface area contributed by atoms with Gasteiger partial charge in [0.1, 0.15) is 5.82 Å². The summed E-state index contributed by atoms with van der Waals surface area (Å²) in [6, 6.07) is 3.81. The first-order chi connectivity index (χ1) is 10.1. The summed E-state index contributed by atoms with van der Waals surface area (Å²) >= 11 is 5.26. The second-order valence-electron chi connectivity index (χ2n) is 6.06. The summed E-state index contributed by atoms with van der Waals surface area (Å²) in [5, 5.41) is 3.54. The molecule has 0 bridgehead atoms. The summed E-state index contributed by atoms with van der Waals surface area (Å²) in [5.41, 5.74) is 2.04. The second-order valence-corrected chi connectivity index (χ2v) is 8.14. The van der Waals surface area contributed by atoms with Crippen LogP contribution in [0.15, 0.2) is 16.6 Å². The number of rotatable bonds is 2. The highest BCUT2D eigenvalue weighted by Gasteiger charge is 2.38. The van der Waals surface area contributed by atoms with Crippen LogP contribution in [0.5, 0.6) is 0 Å². The van der Waals surface area contributed by atoms with Crippen molar-refractivity contribution in [3.05, 3.63) is 28.0 Å². The van der Waals surface area contributed by atoms with Crippen LogP contribution in [0.3, 0.4) is 0 Å². The molecule has 1 aromatic carbocycles. The average molecular weight is 374 g/mol. The first-order valence-corrected chi connectivity index (χ1v) is 9.47. The fourth-order valence-corrected chi connectivity index (χ4v) is 4.96. The van der Waals surface area contributed by atoms with Gasteiger partial charge in [-0.15, -0.1) is 0 Å². The fourth-order valence-electron chi connectivity index (χ4n) is 3.26. The third-order valence-corrected chi connectivity index (χ3v) is 6.12. The van der Waals surface area contributed by atoms with E-state index in [4.69, 9.17) is 4.74 Å². The van der Waals surface area contributed by atoms with Crippen LogP contribution in [-0.4, -0.2) is 29.8 Å². The topological polar surface area (TPSA) is 21.3 Å². The number of benzene rings is 1. The zero-order valence-corrected chi connectivity index (χ0v) is 14.7. The molecule has 0 amide bonds. The number of thioether (sulfide) groups is 1. The normalized spacial score (nSPS) is 25.0. The first kappa shape index (κ1) is 15.6. The summed E-state index contributed by atoms with van der Waals surface area (Å²) in [5.74, 6) is 2.18. The molecule has 2 nitrogen and oxygen atoms in total. The number of hydrogen-bond donors (Lipinski definition) is 1. The maximum Gasteiger partial charge on any atom is 0.139 e. The smallest absolute Gasteiger partial charge is 0.139 e. The van der Waals surface area contributed by atoms with Gasteiger partial charge in [-0.1, -0.05) is 0 Å². The largest absolute Gasteiger partial charge is 0.382 e. The van der Waals surface area contributed by atoms with Gasteiger partial charge in [0, 0.05) is 18.3 Å². The molecule has 2 heterocycles. The molecule has 1 spiro atoms. The number of hydrogen-bond acceptors (Lipinski definition) is 3. The highest BCUT2D eigenvalue weighted by molar-refractivity contribution is 9.10. The Hall–Kier alpha value is -0.260. The molecule has 0 aromatic heterocycles. The van der Waals surface area contributed by atoms with Gasteiger partial charge in [0.25, 0.3) is 0 Å². The summed E-state index contributed by atoms with van der Waals surface area (Å²) in [6.07, 6.45) is 4.31. The number of anilines is 1. The number of aryl methyl sites for hydroxylation is 1. The third kappa shape index (κ3) is 3.57. The summed E-state index contributed by atoms with van der Waals surface area (Å²) in [4.78, 5) is 0. The third-order valence-electron chi connectivity index (χ3n) is 4.52. The van der Waals surface area contributed by atoms with Crippen LogP contribution in [0.25, 0.3) is 0 Å². The number of ether oxygens (including phenoxy) is 1. The lowest BCUT2D eigenvalue weighted by molar-refractivity contribution is -0.0865. The average Bonchev–Trinajstić information content (AvgIpc) is 2.46. The Morgan fingerprint density at radius 3 is 2.90 bits per heavy atom. The van der Waals surface area contributed by atoms with E-state index in [1.54, 1.807) is 6.07 Å². The molecule has 1 N–H and O–H groups in total. The van der Waals surface area contributed by atoms with E-state index in [9.17, 15) is 4.39 Å². The lowest BCUT2D eigenvalue weighted by Gasteiger charge is -2.43. The van der Waals surface area contributed by atoms with E-state index < -0.39 is 0 Å². The Kier molecular flexibility index (Phi) is 4.81. The Balaban J connectivity index is 1.71. The molecule has 5 heteroatoms. The summed E-state index contributed by atoms with van der Waals surface area (Å²) in [6.45, 7) is 2.82. The Labute approximate surface area is 138 Å². The Morgan fingerprint density at radius 2 is 2.14 bits per heavy atom. The van der Waals surface area contributed by atoms with E-state index in [0.29, 0.717) is 10.5 Å². The van der Waals surface area contributed by atoms with Crippen molar-refractivity contribution in [2.24, 2.45) is 0 Å². The van der Waals surface area contributed by atoms with Crippen LogP contribution in [-0.2, 0) is 4.74 Å². The monoisotopic (exact) mass is 373 g/mol. The van der Waals surface area contributed by atoms with Crippen molar-refractivity contribution < 1.29 is 9.13 Å². The fraction of sp³-hybridized carbons (Fsp3) is 0.625. The maximum absolute atomic E-state index is 13.7. The van der Waals surface area contributed by atoms with E-state index in [1.807, 2.05) is 24.8 Å². The van der Waals surface area contributed by atoms with Crippen LogP contribution < -0.4 is 5.32 Å². The molecular weight excluding hydrogens is 353 g/mol. The highest BCUT2D eigenvalue weighted by Crippen LogP contribution is 2.38. The second kappa shape index (κ2) is 6.47. The predicted octanol–water partition coefficient (Wildman–Crippen LogP) is 4.75. The summed E-state index contributed by atoms with van der Waals surface area (Å²) < 4.78 is 20.4. The minimum atomic E-state index is -0.209. The first-order valence-electron chi connectivity index (χ1n) is 7.52. The highest BCUT2D eigenvalue weighted by atomic mass is 79.9. The van der Waals surface area contributed by atoms with Gasteiger partial charge >= 0.3 is 0 Å². The van der Waals surface area contributed by atoms with E-state index in [-0.39, 0.29) is 11.4 Å². The van der Waals surface area contributed by atoms with Gasteiger partial charge in [-0.2, -0.15) is 11.8 Å². The number of nitrogens with one attached hydrogen (secondary N) is 1. The van der Waals surface area contributed by atoms with Crippen LogP contribution in [0, 0.1) is 12.7 Å². The molecule has 3 rings (SSSR count). The van der Waals surface area contributed by atoms with Crippen LogP contribution in [0.2, 0.25) is 0 Å². The Bertz CT molecular complexity index is 514. The molecule has 2 aliphatic heterocycles. The lowest BCUT2D eigenvalue weighted by atomic mass is 9.85.